The number of nitrogens with one attached hydrogen (secondary N) is 1. The molecule has 2 aromatic rings. The molecule has 0 aliphatic heterocycles. The summed E-state index contributed by atoms with van der Waals surface area (Å²) in [6.45, 7) is 0.304. The largest absolute Gasteiger partial charge is 0.322 e. The van der Waals surface area contributed by atoms with Crippen molar-refractivity contribution in [2.45, 2.75) is 4.90 Å². The van der Waals surface area contributed by atoms with Crippen molar-refractivity contribution in [1.29, 1.82) is 0 Å². The van der Waals surface area contributed by atoms with Crippen molar-refractivity contribution in [3.05, 3.63) is 59.7 Å². The van der Waals surface area contributed by atoms with Crippen LogP contribution in [-0.4, -0.2) is 18.7 Å². The van der Waals surface area contributed by atoms with E-state index >= 15 is 0 Å². The molecule has 106 valence electrons. The molecule has 0 bridgehead atoms. The van der Waals surface area contributed by atoms with Crippen molar-refractivity contribution in [2.75, 3.05) is 18.1 Å². The Kier molecular flexibility index (Phi) is 5.44. The Morgan fingerprint density at radius 1 is 1.24 bits per heavy atom. The number of amides is 1. The SMILES string of the molecule is CSc1ccc(NC(=O)c2cccc(C#CCN)c2)cc1. The van der Waals surface area contributed by atoms with Gasteiger partial charge in [0.1, 0.15) is 0 Å². The van der Waals surface area contributed by atoms with Gasteiger partial charge in [-0.15, -0.1) is 11.8 Å². The zero-order chi connectivity index (χ0) is 15.1. The van der Waals surface area contributed by atoms with Crippen molar-refractivity contribution < 1.29 is 4.79 Å². The van der Waals surface area contributed by atoms with Crippen molar-refractivity contribution in [2.24, 2.45) is 5.73 Å². The second-order valence-electron chi connectivity index (χ2n) is 4.27. The van der Waals surface area contributed by atoms with Gasteiger partial charge in [-0.05, 0) is 48.7 Å². The monoisotopic (exact) mass is 296 g/mol. The first-order chi connectivity index (χ1) is 10.2. The maximum Gasteiger partial charge on any atom is 0.255 e. The summed E-state index contributed by atoms with van der Waals surface area (Å²) in [4.78, 5) is 13.4. The highest BCUT2D eigenvalue weighted by Crippen LogP contribution is 2.18. The van der Waals surface area contributed by atoms with E-state index in [4.69, 9.17) is 5.73 Å². The number of carbonyl (C=O) groups is 1. The highest BCUT2D eigenvalue weighted by atomic mass is 32.2. The predicted molar refractivity (Wildman–Crippen MR) is 88.6 cm³/mol. The zero-order valence-corrected chi connectivity index (χ0v) is 12.5. The molecule has 0 radical (unpaired) electrons. The van der Waals surface area contributed by atoms with E-state index in [1.54, 1.807) is 23.9 Å². The van der Waals surface area contributed by atoms with Crippen molar-refractivity contribution in [3.63, 3.8) is 0 Å². The molecule has 1 amide bonds. The molecule has 0 aromatic heterocycles. The minimum Gasteiger partial charge on any atom is -0.322 e. The molecule has 0 saturated heterocycles. The predicted octanol–water partition coefficient (Wildman–Crippen LogP) is 2.97. The molecule has 0 aliphatic carbocycles. The van der Waals surface area contributed by atoms with Crippen molar-refractivity contribution >= 4 is 23.4 Å². The van der Waals surface area contributed by atoms with Gasteiger partial charge in [0.05, 0.1) is 6.54 Å². The second-order valence-corrected chi connectivity index (χ2v) is 5.15. The molecule has 3 N–H and O–H groups in total. The maximum absolute atomic E-state index is 12.2. The van der Waals surface area contributed by atoms with Gasteiger partial charge in [0.15, 0.2) is 0 Å². The molecular weight excluding hydrogens is 280 g/mol. The normalized spacial score (nSPS) is 9.62. The van der Waals surface area contributed by atoms with Crippen molar-refractivity contribution in [1.82, 2.24) is 0 Å². The average molecular weight is 296 g/mol. The van der Waals surface area contributed by atoms with E-state index in [9.17, 15) is 4.79 Å². The highest BCUT2D eigenvalue weighted by molar-refractivity contribution is 7.98. The van der Waals surface area contributed by atoms with Crippen LogP contribution in [0, 0.1) is 11.8 Å². The fourth-order valence-corrected chi connectivity index (χ4v) is 2.18. The third kappa shape index (κ3) is 4.38. The van der Waals surface area contributed by atoms with Gasteiger partial charge in [0.25, 0.3) is 5.91 Å². The topological polar surface area (TPSA) is 55.1 Å². The van der Waals surface area contributed by atoms with Gasteiger partial charge >= 0.3 is 0 Å². The van der Waals surface area contributed by atoms with Crippen LogP contribution in [0.3, 0.4) is 0 Å². The first kappa shape index (κ1) is 15.2. The molecule has 0 atom stereocenters. The first-order valence-corrected chi connectivity index (χ1v) is 7.70. The lowest BCUT2D eigenvalue weighted by atomic mass is 10.1. The Morgan fingerprint density at radius 2 is 2.00 bits per heavy atom. The number of benzene rings is 2. The molecular formula is C17H16N2OS. The standard InChI is InChI=1S/C17H16N2OS/c1-21-16-9-7-15(8-10-16)19-17(20)14-6-2-4-13(12-14)5-3-11-18/h2,4,6-10,12H,11,18H2,1H3,(H,19,20). The summed E-state index contributed by atoms with van der Waals surface area (Å²) in [6, 6.07) is 14.9. The fourth-order valence-electron chi connectivity index (χ4n) is 1.77. The third-order valence-corrected chi connectivity index (χ3v) is 3.55. The third-order valence-electron chi connectivity index (χ3n) is 2.81. The van der Waals surface area contributed by atoms with Gasteiger partial charge in [-0.25, -0.2) is 0 Å². The molecule has 0 unspecified atom stereocenters. The summed E-state index contributed by atoms with van der Waals surface area (Å²) in [5.41, 5.74) is 7.48. The first-order valence-electron chi connectivity index (χ1n) is 6.47. The van der Waals surface area contributed by atoms with E-state index in [0.717, 1.165) is 16.1 Å². The van der Waals surface area contributed by atoms with Gasteiger partial charge in [0.2, 0.25) is 0 Å². The van der Waals surface area contributed by atoms with Gasteiger partial charge in [0, 0.05) is 21.7 Å². The number of thioether (sulfide) groups is 1. The lowest BCUT2D eigenvalue weighted by Crippen LogP contribution is -2.11. The van der Waals surface area contributed by atoms with Crippen LogP contribution in [0.1, 0.15) is 15.9 Å². The van der Waals surface area contributed by atoms with Crippen LogP contribution in [-0.2, 0) is 0 Å². The fraction of sp³-hybridized carbons (Fsp3) is 0.118. The molecule has 0 heterocycles. The van der Waals surface area contributed by atoms with Crippen LogP contribution in [0.4, 0.5) is 5.69 Å². The van der Waals surface area contributed by atoms with Gasteiger partial charge in [-0.3, -0.25) is 4.79 Å². The molecule has 2 aromatic carbocycles. The molecule has 4 heteroatoms. The number of anilines is 1. The van der Waals surface area contributed by atoms with Crippen LogP contribution >= 0.6 is 11.8 Å². The summed E-state index contributed by atoms with van der Waals surface area (Å²) in [6.07, 6.45) is 2.02. The zero-order valence-electron chi connectivity index (χ0n) is 11.7. The van der Waals surface area contributed by atoms with Crippen molar-refractivity contribution in [3.8, 4) is 11.8 Å². The number of rotatable bonds is 3. The Morgan fingerprint density at radius 3 is 2.67 bits per heavy atom. The lowest BCUT2D eigenvalue weighted by Gasteiger charge is -2.06. The minimum absolute atomic E-state index is 0.150. The number of nitrogens with two attached hydrogens (primary N) is 1. The quantitative estimate of drug-likeness (QED) is 0.676. The van der Waals surface area contributed by atoms with E-state index in [1.165, 1.54) is 0 Å². The van der Waals surface area contributed by atoms with Crippen LogP contribution in [0.2, 0.25) is 0 Å². The van der Waals surface area contributed by atoms with Crippen LogP contribution in [0.15, 0.2) is 53.4 Å². The van der Waals surface area contributed by atoms with E-state index in [0.29, 0.717) is 12.1 Å². The highest BCUT2D eigenvalue weighted by Gasteiger charge is 2.06. The Bertz CT molecular complexity index is 684. The van der Waals surface area contributed by atoms with Crippen LogP contribution in [0.5, 0.6) is 0 Å². The van der Waals surface area contributed by atoms with Crippen LogP contribution in [0.25, 0.3) is 0 Å². The number of carbonyl (C=O) groups excluding carboxylic acids is 1. The summed E-state index contributed by atoms with van der Waals surface area (Å²) in [5.74, 6) is 5.55. The number of hydrogen-bond donors (Lipinski definition) is 2. The van der Waals surface area contributed by atoms with E-state index in [2.05, 4.69) is 17.2 Å². The number of hydrogen-bond acceptors (Lipinski definition) is 3. The van der Waals surface area contributed by atoms with Gasteiger partial charge in [-0.1, -0.05) is 17.9 Å². The Balaban J connectivity index is 2.12. The molecule has 21 heavy (non-hydrogen) atoms. The molecule has 0 fully saturated rings. The Hall–Kier alpha value is -2.22. The smallest absolute Gasteiger partial charge is 0.255 e. The minimum atomic E-state index is -0.150. The molecule has 2 rings (SSSR count). The maximum atomic E-state index is 12.2. The van der Waals surface area contributed by atoms with E-state index < -0.39 is 0 Å². The van der Waals surface area contributed by atoms with E-state index in [-0.39, 0.29) is 5.91 Å². The summed E-state index contributed by atoms with van der Waals surface area (Å²) in [7, 11) is 0. The summed E-state index contributed by atoms with van der Waals surface area (Å²) < 4.78 is 0. The summed E-state index contributed by atoms with van der Waals surface area (Å²) >= 11 is 1.66. The van der Waals surface area contributed by atoms with Crippen LogP contribution < -0.4 is 11.1 Å². The average Bonchev–Trinajstić information content (AvgIpc) is 2.54. The van der Waals surface area contributed by atoms with Gasteiger partial charge < -0.3 is 11.1 Å². The molecule has 0 spiro atoms. The lowest BCUT2D eigenvalue weighted by molar-refractivity contribution is 0.102. The molecule has 0 saturated carbocycles. The second kappa shape index (κ2) is 7.53. The van der Waals surface area contributed by atoms with E-state index in [1.807, 2.05) is 42.7 Å². The molecule has 0 aliphatic rings. The summed E-state index contributed by atoms with van der Waals surface area (Å²) in [5, 5.41) is 2.87. The van der Waals surface area contributed by atoms with Gasteiger partial charge in [-0.2, -0.15) is 0 Å². The Labute approximate surface area is 128 Å². The molecule has 3 nitrogen and oxygen atoms in total.